The van der Waals surface area contributed by atoms with Crippen molar-refractivity contribution in [3.8, 4) is 11.8 Å². The van der Waals surface area contributed by atoms with Gasteiger partial charge in [-0.25, -0.2) is 0 Å². The fourth-order valence-electron chi connectivity index (χ4n) is 1.75. The summed E-state index contributed by atoms with van der Waals surface area (Å²) < 4.78 is 0. The van der Waals surface area contributed by atoms with Crippen molar-refractivity contribution < 1.29 is 14.7 Å². The second-order valence-electron chi connectivity index (χ2n) is 4.62. The molecule has 6 heteroatoms. The molecular formula is C16H13N3O3. The Morgan fingerprint density at radius 2 is 1.68 bits per heavy atom. The highest BCUT2D eigenvalue weighted by atomic mass is 16.3. The van der Waals surface area contributed by atoms with E-state index < -0.39 is 11.8 Å². The van der Waals surface area contributed by atoms with E-state index in [4.69, 9.17) is 5.26 Å². The predicted octanol–water partition coefficient (Wildman–Crippen LogP) is 2.15. The zero-order chi connectivity index (χ0) is 16.1. The molecule has 0 aromatic heterocycles. The van der Waals surface area contributed by atoms with Gasteiger partial charge in [0.05, 0.1) is 17.3 Å². The zero-order valence-electron chi connectivity index (χ0n) is 11.8. The van der Waals surface area contributed by atoms with Gasteiger partial charge in [0.1, 0.15) is 5.75 Å². The molecule has 2 rings (SSSR count). The lowest BCUT2D eigenvalue weighted by molar-refractivity contribution is -0.133. The molecule has 0 heterocycles. The van der Waals surface area contributed by atoms with Crippen molar-refractivity contribution in [1.82, 2.24) is 0 Å². The van der Waals surface area contributed by atoms with E-state index in [-0.39, 0.29) is 11.4 Å². The van der Waals surface area contributed by atoms with Crippen LogP contribution in [0.3, 0.4) is 0 Å². The van der Waals surface area contributed by atoms with Crippen molar-refractivity contribution in [2.24, 2.45) is 0 Å². The van der Waals surface area contributed by atoms with Crippen LogP contribution in [0, 0.1) is 18.3 Å². The lowest BCUT2D eigenvalue weighted by Crippen LogP contribution is -2.29. The molecule has 0 aliphatic carbocycles. The molecule has 0 bridgehead atoms. The number of aromatic hydroxyl groups is 1. The van der Waals surface area contributed by atoms with Gasteiger partial charge >= 0.3 is 11.8 Å². The highest BCUT2D eigenvalue weighted by Gasteiger charge is 2.15. The van der Waals surface area contributed by atoms with E-state index in [0.717, 1.165) is 5.56 Å². The summed E-state index contributed by atoms with van der Waals surface area (Å²) in [5.74, 6) is -1.89. The molecule has 0 aliphatic rings. The van der Waals surface area contributed by atoms with Crippen molar-refractivity contribution >= 4 is 23.2 Å². The van der Waals surface area contributed by atoms with Crippen LogP contribution < -0.4 is 10.6 Å². The Labute approximate surface area is 127 Å². The third kappa shape index (κ3) is 3.61. The van der Waals surface area contributed by atoms with E-state index in [1.807, 2.05) is 6.07 Å². The number of anilines is 2. The summed E-state index contributed by atoms with van der Waals surface area (Å²) in [5.41, 5.74) is 1.85. The number of nitriles is 1. The molecule has 6 nitrogen and oxygen atoms in total. The number of carbonyl (C=O) groups is 2. The number of phenols is 1. The number of carbonyl (C=O) groups excluding carboxylic acids is 2. The number of rotatable bonds is 2. The van der Waals surface area contributed by atoms with Crippen LogP contribution in [0.25, 0.3) is 0 Å². The minimum absolute atomic E-state index is 0.120. The van der Waals surface area contributed by atoms with Crippen molar-refractivity contribution in [3.63, 3.8) is 0 Å². The van der Waals surface area contributed by atoms with Gasteiger partial charge in [-0.05, 0) is 48.9 Å². The van der Waals surface area contributed by atoms with Crippen LogP contribution in [0.4, 0.5) is 11.4 Å². The number of nitrogens with zero attached hydrogens (tertiary/aromatic N) is 1. The molecule has 0 atom stereocenters. The van der Waals surface area contributed by atoms with Crippen molar-refractivity contribution in [2.45, 2.75) is 6.92 Å². The van der Waals surface area contributed by atoms with E-state index >= 15 is 0 Å². The normalized spacial score (nSPS) is 9.64. The van der Waals surface area contributed by atoms with E-state index in [9.17, 15) is 14.7 Å². The Hall–Kier alpha value is -3.33. The topological polar surface area (TPSA) is 102 Å². The molecule has 0 aliphatic heterocycles. The summed E-state index contributed by atoms with van der Waals surface area (Å²) >= 11 is 0. The minimum Gasteiger partial charge on any atom is -0.506 e. The van der Waals surface area contributed by atoms with Crippen LogP contribution in [-0.4, -0.2) is 16.9 Å². The molecule has 2 aromatic rings. The Kier molecular flexibility index (Phi) is 4.39. The summed E-state index contributed by atoms with van der Waals surface area (Å²) in [6, 6.07) is 12.7. The van der Waals surface area contributed by atoms with Gasteiger partial charge in [-0.15, -0.1) is 0 Å². The van der Waals surface area contributed by atoms with Crippen molar-refractivity contribution in [1.29, 1.82) is 5.26 Å². The number of amides is 2. The third-order valence-electron chi connectivity index (χ3n) is 2.88. The number of benzene rings is 2. The van der Waals surface area contributed by atoms with Gasteiger partial charge in [-0.3, -0.25) is 9.59 Å². The summed E-state index contributed by atoms with van der Waals surface area (Å²) in [5, 5.41) is 23.1. The van der Waals surface area contributed by atoms with Crippen LogP contribution in [0.1, 0.15) is 11.1 Å². The molecule has 3 N–H and O–H groups in total. The summed E-state index contributed by atoms with van der Waals surface area (Å²) in [7, 11) is 0. The number of aryl methyl sites for hydroxylation is 1. The first kappa shape index (κ1) is 15.1. The zero-order valence-corrected chi connectivity index (χ0v) is 11.8. The summed E-state index contributed by atoms with van der Waals surface area (Å²) in [4.78, 5) is 23.6. The van der Waals surface area contributed by atoms with Crippen molar-refractivity contribution in [2.75, 3.05) is 10.6 Å². The van der Waals surface area contributed by atoms with Crippen LogP contribution in [0.2, 0.25) is 0 Å². The first-order valence-corrected chi connectivity index (χ1v) is 6.41. The molecule has 22 heavy (non-hydrogen) atoms. The SMILES string of the molecule is Cc1ccc(O)c(NC(=O)C(=O)Nc2ccc(C#N)cc2)c1. The van der Waals surface area contributed by atoms with Crippen LogP contribution >= 0.6 is 0 Å². The van der Waals surface area contributed by atoms with Crippen LogP contribution in [0.5, 0.6) is 5.75 Å². The second kappa shape index (κ2) is 6.41. The van der Waals surface area contributed by atoms with E-state index in [1.165, 1.54) is 30.3 Å². The smallest absolute Gasteiger partial charge is 0.314 e. The van der Waals surface area contributed by atoms with Gasteiger partial charge < -0.3 is 15.7 Å². The molecular weight excluding hydrogens is 282 g/mol. The number of hydrogen-bond acceptors (Lipinski definition) is 4. The number of hydrogen-bond donors (Lipinski definition) is 3. The van der Waals surface area contributed by atoms with E-state index in [1.54, 1.807) is 19.1 Å². The average Bonchev–Trinajstić information content (AvgIpc) is 2.51. The fourth-order valence-corrected chi connectivity index (χ4v) is 1.75. The molecule has 2 aromatic carbocycles. The highest BCUT2D eigenvalue weighted by molar-refractivity contribution is 6.43. The largest absolute Gasteiger partial charge is 0.506 e. The van der Waals surface area contributed by atoms with Crippen LogP contribution in [-0.2, 0) is 9.59 Å². The maximum Gasteiger partial charge on any atom is 0.314 e. The summed E-state index contributed by atoms with van der Waals surface area (Å²) in [6.07, 6.45) is 0. The standard InChI is InChI=1S/C16H13N3O3/c1-10-2-7-14(20)13(8-10)19-16(22)15(21)18-12-5-3-11(9-17)4-6-12/h2-8,20H,1H3,(H,18,21)(H,19,22). The molecule has 110 valence electrons. The first-order chi connectivity index (χ1) is 10.5. The van der Waals surface area contributed by atoms with Gasteiger partial charge in [0.25, 0.3) is 0 Å². The molecule has 0 radical (unpaired) electrons. The molecule has 0 spiro atoms. The number of phenolic OH excluding ortho intramolecular Hbond substituents is 1. The lowest BCUT2D eigenvalue weighted by atomic mass is 10.2. The minimum atomic E-state index is -0.898. The monoisotopic (exact) mass is 295 g/mol. The van der Waals surface area contributed by atoms with Gasteiger partial charge in [0, 0.05) is 5.69 Å². The van der Waals surface area contributed by atoms with Gasteiger partial charge in [-0.1, -0.05) is 6.07 Å². The Balaban J connectivity index is 2.04. The van der Waals surface area contributed by atoms with E-state index in [0.29, 0.717) is 11.3 Å². The Morgan fingerprint density at radius 1 is 1.05 bits per heavy atom. The molecule has 2 amide bonds. The summed E-state index contributed by atoms with van der Waals surface area (Å²) in [6.45, 7) is 1.80. The van der Waals surface area contributed by atoms with Gasteiger partial charge in [0.15, 0.2) is 0 Å². The maximum atomic E-state index is 11.8. The maximum absolute atomic E-state index is 11.8. The number of nitrogens with one attached hydrogen (secondary N) is 2. The average molecular weight is 295 g/mol. The molecule has 0 unspecified atom stereocenters. The third-order valence-corrected chi connectivity index (χ3v) is 2.88. The Bertz CT molecular complexity index is 761. The Morgan fingerprint density at radius 3 is 2.32 bits per heavy atom. The molecule has 0 fully saturated rings. The van der Waals surface area contributed by atoms with Crippen molar-refractivity contribution in [3.05, 3.63) is 53.6 Å². The highest BCUT2D eigenvalue weighted by Crippen LogP contribution is 2.23. The quantitative estimate of drug-likeness (QED) is 0.583. The lowest BCUT2D eigenvalue weighted by Gasteiger charge is -2.08. The second-order valence-corrected chi connectivity index (χ2v) is 4.62. The molecule has 0 saturated heterocycles. The first-order valence-electron chi connectivity index (χ1n) is 6.41. The van der Waals surface area contributed by atoms with E-state index in [2.05, 4.69) is 10.6 Å². The van der Waals surface area contributed by atoms with Gasteiger partial charge in [0.2, 0.25) is 0 Å². The molecule has 0 saturated carbocycles. The van der Waals surface area contributed by atoms with Crippen LogP contribution in [0.15, 0.2) is 42.5 Å². The predicted molar refractivity (Wildman–Crippen MR) is 81.3 cm³/mol. The van der Waals surface area contributed by atoms with Gasteiger partial charge in [-0.2, -0.15) is 5.26 Å². The fraction of sp³-hybridized carbons (Fsp3) is 0.0625.